The smallest absolute Gasteiger partial charge is 0.340 e. The molecule has 0 heterocycles. The third-order valence-electron chi connectivity index (χ3n) is 1.93. The van der Waals surface area contributed by atoms with Crippen molar-refractivity contribution in [3.63, 3.8) is 0 Å². The fourth-order valence-electron chi connectivity index (χ4n) is 1.10. The first-order chi connectivity index (χ1) is 8.54. The van der Waals surface area contributed by atoms with E-state index in [0.29, 0.717) is 11.0 Å². The van der Waals surface area contributed by atoms with E-state index in [9.17, 15) is 9.59 Å². The molecular weight excluding hydrogens is 321 g/mol. The van der Waals surface area contributed by atoms with Crippen molar-refractivity contribution in [2.75, 3.05) is 13.2 Å². The minimum Gasteiger partial charge on any atom is -0.452 e. The summed E-state index contributed by atoms with van der Waals surface area (Å²) in [5, 5.41) is 2.76. The molecule has 96 valence electrons. The van der Waals surface area contributed by atoms with Gasteiger partial charge in [0.25, 0.3) is 5.91 Å². The Morgan fingerprint density at radius 1 is 1.50 bits per heavy atom. The summed E-state index contributed by atoms with van der Waals surface area (Å²) in [6.07, 6.45) is 1.53. The first kappa shape index (κ1) is 14.7. The number of carbonyl (C=O) groups excluding carboxylic acids is 2. The van der Waals surface area contributed by atoms with Crippen LogP contribution in [0.5, 0.6) is 0 Å². The van der Waals surface area contributed by atoms with Crippen LogP contribution in [0.15, 0.2) is 35.3 Å². The lowest BCUT2D eigenvalue weighted by atomic mass is 10.2. The number of benzene rings is 1. The third-order valence-corrected chi connectivity index (χ3v) is 2.75. The molecule has 0 aliphatic rings. The van der Waals surface area contributed by atoms with Gasteiger partial charge in [0.1, 0.15) is 0 Å². The molecule has 0 spiro atoms. The second-order valence-corrected chi connectivity index (χ2v) is 4.62. The number of halogens is 2. The highest BCUT2D eigenvalue weighted by molar-refractivity contribution is 9.10. The largest absolute Gasteiger partial charge is 0.452 e. The molecule has 0 unspecified atom stereocenters. The van der Waals surface area contributed by atoms with Gasteiger partial charge in [-0.2, -0.15) is 0 Å². The molecule has 1 amide bonds. The zero-order chi connectivity index (χ0) is 13.5. The summed E-state index contributed by atoms with van der Waals surface area (Å²) >= 11 is 9.08. The number of hydrogen-bond donors (Lipinski definition) is 1. The average molecular weight is 333 g/mol. The van der Waals surface area contributed by atoms with Crippen LogP contribution in [0.2, 0.25) is 5.02 Å². The standard InChI is InChI=1S/C12H11BrClNO3/c1-2-5-15-11(16)7-18-12(17)9-6-8(13)3-4-10(9)14/h2-4,6H,1,5,7H2,(H,15,16). The molecule has 0 saturated carbocycles. The van der Waals surface area contributed by atoms with Gasteiger partial charge < -0.3 is 10.1 Å². The Morgan fingerprint density at radius 3 is 2.89 bits per heavy atom. The van der Waals surface area contributed by atoms with E-state index >= 15 is 0 Å². The third kappa shape index (κ3) is 4.50. The van der Waals surface area contributed by atoms with Crippen molar-refractivity contribution in [3.05, 3.63) is 45.9 Å². The topological polar surface area (TPSA) is 55.4 Å². The second kappa shape index (κ2) is 7.18. The van der Waals surface area contributed by atoms with Gasteiger partial charge in [-0.25, -0.2) is 4.79 Å². The van der Waals surface area contributed by atoms with Crippen LogP contribution in [0.4, 0.5) is 0 Å². The monoisotopic (exact) mass is 331 g/mol. The normalized spacial score (nSPS) is 9.67. The molecule has 1 aromatic rings. The number of rotatable bonds is 5. The van der Waals surface area contributed by atoms with Crippen LogP contribution in [0.25, 0.3) is 0 Å². The van der Waals surface area contributed by atoms with Crippen molar-refractivity contribution in [2.24, 2.45) is 0 Å². The van der Waals surface area contributed by atoms with Crippen molar-refractivity contribution in [3.8, 4) is 0 Å². The first-order valence-electron chi connectivity index (χ1n) is 5.04. The SMILES string of the molecule is C=CCNC(=O)COC(=O)c1cc(Br)ccc1Cl. The Bertz CT molecular complexity index is 476. The van der Waals surface area contributed by atoms with E-state index in [1.165, 1.54) is 12.1 Å². The van der Waals surface area contributed by atoms with Crippen molar-refractivity contribution in [1.29, 1.82) is 0 Å². The molecule has 0 saturated heterocycles. The summed E-state index contributed by atoms with van der Waals surface area (Å²) in [4.78, 5) is 22.9. The molecule has 0 aliphatic carbocycles. The molecule has 0 atom stereocenters. The van der Waals surface area contributed by atoms with Crippen molar-refractivity contribution < 1.29 is 14.3 Å². The van der Waals surface area contributed by atoms with Gasteiger partial charge >= 0.3 is 5.97 Å². The lowest BCUT2D eigenvalue weighted by Crippen LogP contribution is -2.28. The maximum absolute atomic E-state index is 11.7. The maximum Gasteiger partial charge on any atom is 0.340 e. The van der Waals surface area contributed by atoms with E-state index in [-0.39, 0.29) is 17.2 Å². The highest BCUT2D eigenvalue weighted by Crippen LogP contribution is 2.21. The Hall–Kier alpha value is -1.33. The zero-order valence-corrected chi connectivity index (χ0v) is 11.8. The molecule has 18 heavy (non-hydrogen) atoms. The number of esters is 1. The van der Waals surface area contributed by atoms with Gasteiger partial charge in [-0.1, -0.05) is 33.6 Å². The second-order valence-electron chi connectivity index (χ2n) is 3.29. The van der Waals surface area contributed by atoms with Crippen LogP contribution in [-0.4, -0.2) is 25.0 Å². The minimum absolute atomic E-state index is 0.211. The van der Waals surface area contributed by atoms with Gasteiger partial charge in [-0.05, 0) is 18.2 Å². The van der Waals surface area contributed by atoms with Crippen LogP contribution in [0.3, 0.4) is 0 Å². The van der Waals surface area contributed by atoms with Crippen molar-refractivity contribution in [1.82, 2.24) is 5.32 Å². The van der Waals surface area contributed by atoms with E-state index in [1.54, 1.807) is 12.1 Å². The van der Waals surface area contributed by atoms with Gasteiger partial charge in [-0.15, -0.1) is 6.58 Å². The Kier molecular flexibility index (Phi) is 5.88. The van der Waals surface area contributed by atoms with Gasteiger partial charge in [0.2, 0.25) is 0 Å². The molecule has 4 nitrogen and oxygen atoms in total. The summed E-state index contributed by atoms with van der Waals surface area (Å²) in [5.74, 6) is -1.04. The van der Waals surface area contributed by atoms with Crippen molar-refractivity contribution in [2.45, 2.75) is 0 Å². The van der Waals surface area contributed by atoms with E-state index in [1.807, 2.05) is 0 Å². The molecule has 1 aromatic carbocycles. The molecule has 0 fully saturated rings. The molecule has 0 aromatic heterocycles. The van der Waals surface area contributed by atoms with Crippen LogP contribution >= 0.6 is 27.5 Å². The van der Waals surface area contributed by atoms with E-state index < -0.39 is 11.9 Å². The summed E-state index contributed by atoms with van der Waals surface area (Å²) in [6, 6.07) is 4.81. The van der Waals surface area contributed by atoms with E-state index in [4.69, 9.17) is 16.3 Å². The van der Waals surface area contributed by atoms with Crippen LogP contribution in [-0.2, 0) is 9.53 Å². The number of hydrogen-bond acceptors (Lipinski definition) is 3. The maximum atomic E-state index is 11.7. The van der Waals surface area contributed by atoms with Crippen LogP contribution in [0, 0.1) is 0 Å². The quantitative estimate of drug-likeness (QED) is 0.666. The number of amides is 1. The lowest BCUT2D eigenvalue weighted by molar-refractivity contribution is -0.124. The minimum atomic E-state index is -0.643. The van der Waals surface area contributed by atoms with Gasteiger partial charge in [-0.3, -0.25) is 4.79 Å². The predicted octanol–water partition coefficient (Wildman–Crippen LogP) is 2.56. The summed E-state index contributed by atoms with van der Waals surface area (Å²) in [7, 11) is 0. The van der Waals surface area contributed by atoms with Gasteiger partial charge in [0.15, 0.2) is 6.61 Å². The highest BCUT2D eigenvalue weighted by atomic mass is 79.9. The molecular formula is C12H11BrClNO3. The highest BCUT2D eigenvalue weighted by Gasteiger charge is 2.13. The summed E-state index contributed by atoms with van der Waals surface area (Å²) < 4.78 is 5.54. The van der Waals surface area contributed by atoms with Crippen molar-refractivity contribution >= 4 is 39.4 Å². The molecule has 1 rings (SSSR count). The molecule has 0 aliphatic heterocycles. The summed E-state index contributed by atoms with van der Waals surface area (Å²) in [5.41, 5.74) is 0.211. The number of ether oxygens (including phenoxy) is 1. The Labute approximate surface area is 118 Å². The predicted molar refractivity (Wildman–Crippen MR) is 72.6 cm³/mol. The van der Waals surface area contributed by atoms with Crippen LogP contribution < -0.4 is 5.32 Å². The number of nitrogens with one attached hydrogen (secondary N) is 1. The fraction of sp³-hybridized carbons (Fsp3) is 0.167. The van der Waals surface area contributed by atoms with Gasteiger partial charge in [0.05, 0.1) is 10.6 Å². The molecule has 6 heteroatoms. The molecule has 0 radical (unpaired) electrons. The lowest BCUT2D eigenvalue weighted by Gasteiger charge is -2.06. The van der Waals surface area contributed by atoms with Gasteiger partial charge in [0, 0.05) is 11.0 Å². The fourth-order valence-corrected chi connectivity index (χ4v) is 1.66. The zero-order valence-electron chi connectivity index (χ0n) is 9.41. The average Bonchev–Trinajstić information content (AvgIpc) is 2.36. The Morgan fingerprint density at radius 2 is 2.22 bits per heavy atom. The molecule has 1 N–H and O–H groups in total. The molecule has 0 bridgehead atoms. The Balaban J connectivity index is 2.57. The summed E-state index contributed by atoms with van der Waals surface area (Å²) in [6.45, 7) is 3.43. The van der Waals surface area contributed by atoms with E-state index in [2.05, 4.69) is 27.8 Å². The van der Waals surface area contributed by atoms with E-state index in [0.717, 1.165) is 0 Å². The van der Waals surface area contributed by atoms with Crippen LogP contribution in [0.1, 0.15) is 10.4 Å². The number of carbonyl (C=O) groups is 2. The first-order valence-corrected chi connectivity index (χ1v) is 6.21.